The molecule has 0 spiro atoms. The number of ether oxygens (including phenoxy) is 1. The van der Waals surface area contributed by atoms with Crippen LogP contribution in [-0.2, 0) is 16.0 Å². The van der Waals surface area contributed by atoms with Gasteiger partial charge in [0.1, 0.15) is 11.6 Å². The van der Waals surface area contributed by atoms with E-state index < -0.39 is 17.7 Å². The maximum atomic E-state index is 13.0. The average molecular weight is 407 g/mol. The molecule has 0 bridgehead atoms. The number of rotatable bonds is 6. The minimum atomic E-state index is -0.821. The van der Waals surface area contributed by atoms with Crippen molar-refractivity contribution in [3.8, 4) is 11.3 Å². The Balaban J connectivity index is 1.75. The Morgan fingerprint density at radius 1 is 1.13 bits per heavy atom. The first-order chi connectivity index (χ1) is 14.3. The topological polar surface area (TPSA) is 109 Å². The van der Waals surface area contributed by atoms with Gasteiger partial charge in [-0.25, -0.2) is 4.79 Å². The van der Waals surface area contributed by atoms with Crippen LogP contribution in [0.25, 0.3) is 11.3 Å². The number of carbonyl (C=O) groups is 2. The molecule has 1 aromatic carbocycles. The minimum absolute atomic E-state index is 0.319. The van der Waals surface area contributed by atoms with E-state index >= 15 is 0 Å². The maximum absolute atomic E-state index is 13.0. The van der Waals surface area contributed by atoms with Gasteiger partial charge in [0.05, 0.1) is 17.6 Å². The summed E-state index contributed by atoms with van der Waals surface area (Å²) >= 11 is 0. The Labute approximate surface area is 175 Å². The van der Waals surface area contributed by atoms with Crippen LogP contribution in [0.3, 0.4) is 0 Å². The number of amides is 2. The van der Waals surface area contributed by atoms with Crippen molar-refractivity contribution < 1.29 is 14.3 Å². The van der Waals surface area contributed by atoms with Crippen molar-refractivity contribution in [3.63, 3.8) is 0 Å². The Bertz CT molecular complexity index is 982. The summed E-state index contributed by atoms with van der Waals surface area (Å²) in [6, 6.07) is 12.2. The summed E-state index contributed by atoms with van der Waals surface area (Å²) in [4.78, 5) is 29.4. The summed E-state index contributed by atoms with van der Waals surface area (Å²) in [5.41, 5.74) is 2.32. The van der Waals surface area contributed by atoms with Crippen molar-refractivity contribution in [1.82, 2.24) is 20.5 Å². The molecule has 2 aromatic heterocycles. The third-order valence-corrected chi connectivity index (χ3v) is 4.11. The number of aromatic nitrogens is 3. The lowest BCUT2D eigenvalue weighted by molar-refractivity contribution is -0.118. The Morgan fingerprint density at radius 3 is 2.57 bits per heavy atom. The highest BCUT2D eigenvalue weighted by Gasteiger charge is 2.25. The molecule has 1 atom stereocenters. The molecular weight excluding hydrogens is 382 g/mol. The smallest absolute Gasteiger partial charge is 0.408 e. The number of hydrogen-bond donors (Lipinski definition) is 3. The van der Waals surface area contributed by atoms with Crippen LogP contribution in [0.5, 0.6) is 0 Å². The molecule has 3 N–H and O–H groups in total. The van der Waals surface area contributed by atoms with E-state index in [4.69, 9.17) is 4.74 Å². The second-order valence-corrected chi connectivity index (χ2v) is 7.81. The Morgan fingerprint density at radius 2 is 1.90 bits per heavy atom. The third kappa shape index (κ3) is 6.16. The summed E-state index contributed by atoms with van der Waals surface area (Å²) in [6.45, 7) is 5.31. The van der Waals surface area contributed by atoms with Crippen LogP contribution in [-0.4, -0.2) is 38.8 Å². The van der Waals surface area contributed by atoms with E-state index in [9.17, 15) is 9.59 Å². The zero-order chi connectivity index (χ0) is 21.6. The quantitative estimate of drug-likeness (QED) is 0.579. The summed E-state index contributed by atoms with van der Waals surface area (Å²) < 4.78 is 5.32. The largest absolute Gasteiger partial charge is 0.444 e. The minimum Gasteiger partial charge on any atom is -0.444 e. The first-order valence-electron chi connectivity index (χ1n) is 9.59. The molecule has 3 rings (SSSR count). The molecule has 8 nitrogen and oxygen atoms in total. The number of aromatic amines is 1. The third-order valence-electron chi connectivity index (χ3n) is 4.11. The lowest BCUT2D eigenvalue weighted by Crippen LogP contribution is -2.47. The predicted molar refractivity (Wildman–Crippen MR) is 114 cm³/mol. The number of alkyl carbamates (subject to hydrolysis) is 1. The van der Waals surface area contributed by atoms with Gasteiger partial charge in [-0.15, -0.1) is 0 Å². The number of anilines is 1. The average Bonchev–Trinajstić information content (AvgIpc) is 3.22. The lowest BCUT2D eigenvalue weighted by atomic mass is 10.1. The number of H-pyrrole nitrogens is 1. The number of nitrogens with one attached hydrogen (secondary N) is 3. The van der Waals surface area contributed by atoms with Crippen LogP contribution < -0.4 is 10.6 Å². The van der Waals surface area contributed by atoms with Crippen molar-refractivity contribution in [3.05, 3.63) is 66.6 Å². The van der Waals surface area contributed by atoms with Gasteiger partial charge in [0.2, 0.25) is 5.91 Å². The summed E-state index contributed by atoms with van der Waals surface area (Å²) in [6.07, 6.45) is 4.53. The molecule has 0 aliphatic rings. The van der Waals surface area contributed by atoms with Crippen LogP contribution in [0.1, 0.15) is 26.3 Å². The first-order valence-corrected chi connectivity index (χ1v) is 9.59. The fraction of sp³-hybridized carbons (Fsp3) is 0.273. The molecule has 8 heteroatoms. The predicted octanol–water partition coefficient (Wildman–Crippen LogP) is 3.55. The number of benzene rings is 1. The monoisotopic (exact) mass is 407 g/mol. The molecule has 0 fully saturated rings. The molecule has 2 amide bonds. The van der Waals surface area contributed by atoms with Crippen LogP contribution in [0, 0.1) is 0 Å². The second kappa shape index (κ2) is 9.21. The molecule has 156 valence electrons. The molecule has 0 unspecified atom stereocenters. The van der Waals surface area contributed by atoms with E-state index in [0.717, 1.165) is 16.8 Å². The van der Waals surface area contributed by atoms with Gasteiger partial charge in [0.25, 0.3) is 0 Å². The van der Waals surface area contributed by atoms with Gasteiger partial charge in [0.15, 0.2) is 0 Å². The number of hydrogen-bond acceptors (Lipinski definition) is 5. The zero-order valence-corrected chi connectivity index (χ0v) is 17.2. The van der Waals surface area contributed by atoms with Crippen molar-refractivity contribution in [2.45, 2.75) is 38.8 Å². The number of carbonyl (C=O) groups excluding carboxylic acids is 2. The van der Waals surface area contributed by atoms with Gasteiger partial charge >= 0.3 is 6.09 Å². The van der Waals surface area contributed by atoms with Gasteiger partial charge in [-0.3, -0.25) is 14.9 Å². The molecule has 0 aliphatic heterocycles. The molecule has 2 heterocycles. The lowest BCUT2D eigenvalue weighted by Gasteiger charge is -2.23. The highest BCUT2D eigenvalue weighted by molar-refractivity contribution is 5.97. The Hall–Kier alpha value is -3.68. The molecular formula is C22H25N5O3. The fourth-order valence-corrected chi connectivity index (χ4v) is 2.81. The summed E-state index contributed by atoms with van der Waals surface area (Å²) in [5, 5.41) is 12.3. The van der Waals surface area contributed by atoms with Gasteiger partial charge in [-0.2, -0.15) is 5.10 Å². The molecule has 0 aliphatic carbocycles. The normalized spacial score (nSPS) is 12.1. The second-order valence-electron chi connectivity index (χ2n) is 7.81. The summed E-state index contributed by atoms with van der Waals surface area (Å²) in [5.74, 6) is -0.367. The first kappa shape index (κ1) is 21.0. The molecule has 0 radical (unpaired) electrons. The van der Waals surface area contributed by atoms with Crippen LogP contribution in [0.15, 0.2) is 61.1 Å². The van der Waals surface area contributed by atoms with Crippen LogP contribution in [0.4, 0.5) is 10.5 Å². The highest BCUT2D eigenvalue weighted by Crippen LogP contribution is 2.19. The van der Waals surface area contributed by atoms with Gasteiger partial charge in [0, 0.05) is 24.4 Å². The molecule has 30 heavy (non-hydrogen) atoms. The van der Waals surface area contributed by atoms with Gasteiger partial charge in [-0.05, 0) is 38.5 Å². The highest BCUT2D eigenvalue weighted by atomic mass is 16.6. The summed E-state index contributed by atoms with van der Waals surface area (Å²) in [7, 11) is 0. The van der Waals surface area contributed by atoms with Crippen molar-refractivity contribution >= 4 is 17.7 Å². The number of nitrogens with zero attached hydrogens (tertiary/aromatic N) is 2. The van der Waals surface area contributed by atoms with Gasteiger partial charge < -0.3 is 15.4 Å². The van der Waals surface area contributed by atoms with Crippen molar-refractivity contribution in [2.24, 2.45) is 0 Å². The molecule has 0 saturated heterocycles. The van der Waals surface area contributed by atoms with Crippen LogP contribution >= 0.6 is 0 Å². The Kier molecular flexibility index (Phi) is 6.46. The van der Waals surface area contributed by atoms with E-state index in [1.54, 1.807) is 45.4 Å². The van der Waals surface area contributed by atoms with Crippen molar-refractivity contribution in [1.29, 1.82) is 0 Å². The van der Waals surface area contributed by atoms with Crippen molar-refractivity contribution in [2.75, 3.05) is 5.32 Å². The molecule has 0 saturated carbocycles. The zero-order valence-electron chi connectivity index (χ0n) is 17.2. The van der Waals surface area contributed by atoms with Crippen LogP contribution in [0.2, 0.25) is 0 Å². The van der Waals surface area contributed by atoms with E-state index in [1.165, 1.54) is 0 Å². The van der Waals surface area contributed by atoms with E-state index in [1.807, 2.05) is 36.4 Å². The van der Waals surface area contributed by atoms with E-state index in [0.29, 0.717) is 12.1 Å². The number of pyridine rings is 1. The fourth-order valence-electron chi connectivity index (χ4n) is 2.81. The SMILES string of the molecule is CC(C)(C)OC(=O)N[C@@H](Cc1ccccc1)C(=O)Nc1cncc(-c2ccn[nH]2)c1. The van der Waals surface area contributed by atoms with E-state index in [2.05, 4.69) is 25.8 Å². The molecule has 3 aromatic rings. The maximum Gasteiger partial charge on any atom is 0.408 e. The standard InChI is InChI=1S/C22H25N5O3/c1-22(2,3)30-21(29)26-19(11-15-7-5-4-6-8-15)20(28)25-17-12-16(13-23-14-17)18-9-10-24-27-18/h4-10,12-14,19H,11H2,1-3H3,(H,24,27)(H,25,28)(H,26,29)/t19-/m0/s1. The van der Waals surface area contributed by atoms with E-state index in [-0.39, 0.29) is 5.91 Å². The van der Waals surface area contributed by atoms with Gasteiger partial charge in [-0.1, -0.05) is 30.3 Å².